The van der Waals surface area contributed by atoms with Crippen molar-refractivity contribution in [3.05, 3.63) is 57.9 Å². The van der Waals surface area contributed by atoms with E-state index in [-0.39, 0.29) is 5.78 Å². The van der Waals surface area contributed by atoms with E-state index < -0.39 is 5.97 Å². The van der Waals surface area contributed by atoms with Crippen molar-refractivity contribution in [2.45, 2.75) is 20.8 Å². The second-order valence-corrected chi connectivity index (χ2v) is 4.76. The molecule has 0 radical (unpaired) electrons. The van der Waals surface area contributed by atoms with Gasteiger partial charge in [0.2, 0.25) is 0 Å². The van der Waals surface area contributed by atoms with Gasteiger partial charge in [-0.3, -0.25) is 4.79 Å². The van der Waals surface area contributed by atoms with Crippen LogP contribution in [0.5, 0.6) is 0 Å². The lowest BCUT2D eigenvalue weighted by atomic mass is 9.96. The van der Waals surface area contributed by atoms with E-state index in [0.717, 1.165) is 5.56 Å². The van der Waals surface area contributed by atoms with Crippen LogP contribution in [0.15, 0.2) is 24.3 Å². The molecular weight excluding hydrogens is 254 g/mol. The molecule has 1 N–H and O–H groups in total. The average molecular weight is 271 g/mol. The number of ketones is 1. The molecule has 0 aliphatic rings. The molecule has 1 heterocycles. The van der Waals surface area contributed by atoms with Crippen molar-refractivity contribution in [3.63, 3.8) is 0 Å². The topological polar surface area (TPSA) is 59.2 Å². The second-order valence-electron chi connectivity index (χ2n) is 4.76. The number of carbonyl (C=O) groups excluding carboxylic acids is 2. The Kier molecular flexibility index (Phi) is 3.74. The zero-order chi connectivity index (χ0) is 14.9. The van der Waals surface area contributed by atoms with Gasteiger partial charge in [-0.05, 0) is 26.3 Å². The summed E-state index contributed by atoms with van der Waals surface area (Å²) in [6.07, 6.45) is 0. The summed E-state index contributed by atoms with van der Waals surface area (Å²) in [5.41, 5.74) is 3.51. The van der Waals surface area contributed by atoms with E-state index in [2.05, 4.69) is 4.98 Å². The van der Waals surface area contributed by atoms with Crippen LogP contribution in [0.2, 0.25) is 0 Å². The summed E-state index contributed by atoms with van der Waals surface area (Å²) >= 11 is 0. The maximum absolute atomic E-state index is 12.7. The number of nitrogens with one attached hydrogen (secondary N) is 1. The van der Waals surface area contributed by atoms with Crippen LogP contribution in [0.4, 0.5) is 0 Å². The zero-order valence-electron chi connectivity index (χ0n) is 12.0. The Bertz CT molecular complexity index is 683. The molecule has 0 atom stereocenters. The van der Waals surface area contributed by atoms with Crippen molar-refractivity contribution in [3.8, 4) is 0 Å². The predicted octanol–water partition coefficient (Wildman–Crippen LogP) is 2.96. The van der Waals surface area contributed by atoms with E-state index in [9.17, 15) is 9.59 Å². The number of aryl methyl sites for hydroxylation is 3. The highest BCUT2D eigenvalue weighted by Crippen LogP contribution is 2.24. The van der Waals surface area contributed by atoms with Crippen molar-refractivity contribution in [1.29, 1.82) is 0 Å². The van der Waals surface area contributed by atoms with Crippen molar-refractivity contribution in [2.75, 3.05) is 7.11 Å². The highest BCUT2D eigenvalue weighted by Gasteiger charge is 2.26. The van der Waals surface area contributed by atoms with Gasteiger partial charge >= 0.3 is 5.97 Å². The van der Waals surface area contributed by atoms with Crippen LogP contribution in [0, 0.1) is 20.8 Å². The molecule has 2 rings (SSSR count). The quantitative estimate of drug-likeness (QED) is 0.689. The van der Waals surface area contributed by atoms with E-state index in [1.54, 1.807) is 19.9 Å². The summed E-state index contributed by atoms with van der Waals surface area (Å²) < 4.78 is 4.78. The van der Waals surface area contributed by atoms with Crippen molar-refractivity contribution >= 4 is 11.8 Å². The van der Waals surface area contributed by atoms with Crippen molar-refractivity contribution in [2.24, 2.45) is 0 Å². The maximum atomic E-state index is 12.7. The summed E-state index contributed by atoms with van der Waals surface area (Å²) in [5.74, 6) is -0.658. The van der Waals surface area contributed by atoms with E-state index in [4.69, 9.17) is 4.74 Å². The molecule has 0 saturated heterocycles. The molecule has 0 aliphatic heterocycles. The number of H-pyrrole nitrogens is 1. The van der Waals surface area contributed by atoms with Crippen LogP contribution in [-0.4, -0.2) is 23.8 Å². The van der Waals surface area contributed by atoms with Crippen LogP contribution < -0.4 is 0 Å². The molecule has 4 nitrogen and oxygen atoms in total. The lowest BCUT2D eigenvalue weighted by molar-refractivity contribution is 0.0597. The SMILES string of the molecule is COC(=O)c1c(C)[nH]c(C)c1C(=O)c1ccccc1C. The molecule has 1 aromatic heterocycles. The molecule has 0 spiro atoms. The monoisotopic (exact) mass is 271 g/mol. The number of methoxy groups -OCH3 is 1. The third-order valence-corrected chi connectivity index (χ3v) is 3.38. The van der Waals surface area contributed by atoms with Gasteiger partial charge < -0.3 is 9.72 Å². The predicted molar refractivity (Wildman–Crippen MR) is 76.2 cm³/mol. The molecule has 1 aromatic carbocycles. The minimum absolute atomic E-state index is 0.162. The number of hydrogen-bond donors (Lipinski definition) is 1. The Hall–Kier alpha value is -2.36. The Morgan fingerprint density at radius 3 is 2.20 bits per heavy atom. The molecule has 0 bridgehead atoms. The maximum Gasteiger partial charge on any atom is 0.340 e. The smallest absolute Gasteiger partial charge is 0.340 e. The van der Waals surface area contributed by atoms with Crippen LogP contribution in [-0.2, 0) is 4.74 Å². The molecule has 0 unspecified atom stereocenters. The average Bonchev–Trinajstić information content (AvgIpc) is 2.72. The van der Waals surface area contributed by atoms with Crippen LogP contribution in [0.1, 0.15) is 43.2 Å². The fourth-order valence-electron chi connectivity index (χ4n) is 2.38. The fourth-order valence-corrected chi connectivity index (χ4v) is 2.38. The molecule has 0 aliphatic carbocycles. The number of ether oxygens (including phenoxy) is 1. The van der Waals surface area contributed by atoms with Gasteiger partial charge in [0.15, 0.2) is 5.78 Å². The van der Waals surface area contributed by atoms with E-state index in [1.807, 2.05) is 25.1 Å². The van der Waals surface area contributed by atoms with Crippen molar-refractivity contribution < 1.29 is 14.3 Å². The molecule has 4 heteroatoms. The van der Waals surface area contributed by atoms with Gasteiger partial charge in [-0.1, -0.05) is 24.3 Å². The number of aromatic amines is 1. The zero-order valence-corrected chi connectivity index (χ0v) is 12.0. The third kappa shape index (κ3) is 2.25. The molecule has 0 fully saturated rings. The number of rotatable bonds is 3. The number of carbonyl (C=O) groups is 2. The summed E-state index contributed by atoms with van der Waals surface area (Å²) in [5, 5.41) is 0. The van der Waals surface area contributed by atoms with Gasteiger partial charge in [-0.2, -0.15) is 0 Å². The molecule has 0 saturated carbocycles. The Balaban J connectivity index is 2.61. The van der Waals surface area contributed by atoms with Crippen LogP contribution in [0.25, 0.3) is 0 Å². The lowest BCUT2D eigenvalue weighted by Gasteiger charge is -2.07. The second kappa shape index (κ2) is 5.33. The summed E-state index contributed by atoms with van der Waals surface area (Å²) in [6.45, 7) is 5.42. The summed E-state index contributed by atoms with van der Waals surface area (Å²) in [4.78, 5) is 27.6. The number of aromatic nitrogens is 1. The summed E-state index contributed by atoms with van der Waals surface area (Å²) in [6, 6.07) is 7.33. The van der Waals surface area contributed by atoms with Crippen molar-refractivity contribution in [1.82, 2.24) is 4.98 Å². The summed E-state index contributed by atoms with van der Waals surface area (Å²) in [7, 11) is 1.31. The number of hydrogen-bond acceptors (Lipinski definition) is 3. The minimum Gasteiger partial charge on any atom is -0.465 e. The first-order chi connectivity index (χ1) is 9.47. The third-order valence-electron chi connectivity index (χ3n) is 3.38. The molecule has 104 valence electrons. The van der Waals surface area contributed by atoms with Gasteiger partial charge in [0.25, 0.3) is 0 Å². The molecular formula is C16H17NO3. The number of benzene rings is 1. The molecule has 0 amide bonds. The minimum atomic E-state index is -0.496. The van der Waals surface area contributed by atoms with Crippen LogP contribution >= 0.6 is 0 Å². The van der Waals surface area contributed by atoms with Gasteiger partial charge in [-0.25, -0.2) is 4.79 Å². The standard InChI is InChI=1S/C16H17NO3/c1-9-7-5-6-8-12(9)15(18)13-10(2)17-11(3)14(13)16(19)20-4/h5-8,17H,1-4H3. The lowest BCUT2D eigenvalue weighted by Crippen LogP contribution is -2.12. The van der Waals surface area contributed by atoms with Gasteiger partial charge in [0.1, 0.15) is 0 Å². The van der Waals surface area contributed by atoms with E-state index in [0.29, 0.717) is 28.1 Å². The highest BCUT2D eigenvalue weighted by molar-refractivity contribution is 6.16. The fraction of sp³-hybridized carbons (Fsp3) is 0.250. The van der Waals surface area contributed by atoms with Gasteiger partial charge in [0, 0.05) is 17.0 Å². The first kappa shape index (κ1) is 14.1. The normalized spacial score (nSPS) is 10.4. The van der Waals surface area contributed by atoms with Gasteiger partial charge in [0.05, 0.1) is 18.2 Å². The first-order valence-electron chi connectivity index (χ1n) is 6.35. The largest absolute Gasteiger partial charge is 0.465 e. The Morgan fingerprint density at radius 2 is 1.60 bits per heavy atom. The number of esters is 1. The Morgan fingerprint density at radius 1 is 1.00 bits per heavy atom. The first-order valence-corrected chi connectivity index (χ1v) is 6.35. The van der Waals surface area contributed by atoms with E-state index >= 15 is 0 Å². The van der Waals surface area contributed by atoms with E-state index in [1.165, 1.54) is 7.11 Å². The van der Waals surface area contributed by atoms with Gasteiger partial charge in [-0.15, -0.1) is 0 Å². The Labute approximate surface area is 117 Å². The highest BCUT2D eigenvalue weighted by atomic mass is 16.5. The van der Waals surface area contributed by atoms with Crippen LogP contribution in [0.3, 0.4) is 0 Å². The molecule has 2 aromatic rings. The molecule has 20 heavy (non-hydrogen) atoms.